The van der Waals surface area contributed by atoms with Crippen LogP contribution < -0.4 is 9.47 Å². The molecule has 0 bridgehead atoms. The predicted molar refractivity (Wildman–Crippen MR) is 54.9 cm³/mol. The van der Waals surface area contributed by atoms with Gasteiger partial charge < -0.3 is 9.47 Å². The molecule has 0 aliphatic carbocycles. The third-order valence-electron chi connectivity index (χ3n) is 1.44. The fourth-order valence-electron chi connectivity index (χ4n) is 0.865. The SMILES string of the molecule is COc1ccc(Br)c(Br)c1OC. The van der Waals surface area contributed by atoms with Gasteiger partial charge in [0.1, 0.15) is 0 Å². The van der Waals surface area contributed by atoms with Crippen molar-refractivity contribution < 1.29 is 9.47 Å². The van der Waals surface area contributed by atoms with Gasteiger partial charge in [-0.05, 0) is 44.0 Å². The zero-order valence-corrected chi connectivity index (χ0v) is 9.90. The second kappa shape index (κ2) is 4.14. The third kappa shape index (κ3) is 1.75. The predicted octanol–water partition coefficient (Wildman–Crippen LogP) is 3.23. The number of methoxy groups -OCH3 is 2. The first-order chi connectivity index (χ1) is 5.70. The van der Waals surface area contributed by atoms with E-state index in [1.807, 2.05) is 12.1 Å². The summed E-state index contributed by atoms with van der Waals surface area (Å²) < 4.78 is 12.1. The van der Waals surface area contributed by atoms with Gasteiger partial charge in [-0.25, -0.2) is 0 Å². The topological polar surface area (TPSA) is 18.5 Å². The van der Waals surface area contributed by atoms with Gasteiger partial charge in [0, 0.05) is 4.47 Å². The minimum absolute atomic E-state index is 0.701. The van der Waals surface area contributed by atoms with Gasteiger partial charge in [0.15, 0.2) is 11.5 Å². The van der Waals surface area contributed by atoms with Gasteiger partial charge in [-0.15, -0.1) is 0 Å². The summed E-state index contributed by atoms with van der Waals surface area (Å²) >= 11 is 6.75. The molecule has 0 radical (unpaired) electrons. The largest absolute Gasteiger partial charge is 0.493 e. The Morgan fingerprint density at radius 1 is 1.08 bits per heavy atom. The lowest BCUT2D eigenvalue weighted by Gasteiger charge is -2.09. The zero-order valence-electron chi connectivity index (χ0n) is 6.73. The van der Waals surface area contributed by atoms with Crippen molar-refractivity contribution in [3.05, 3.63) is 21.1 Å². The highest BCUT2D eigenvalue weighted by atomic mass is 79.9. The molecule has 0 aliphatic rings. The van der Waals surface area contributed by atoms with E-state index in [1.54, 1.807) is 14.2 Å². The van der Waals surface area contributed by atoms with Crippen LogP contribution in [0.2, 0.25) is 0 Å². The molecule has 4 heteroatoms. The van der Waals surface area contributed by atoms with Crippen molar-refractivity contribution >= 4 is 31.9 Å². The standard InChI is InChI=1S/C8H8Br2O2/c1-11-6-4-3-5(9)7(10)8(6)12-2/h3-4H,1-2H3. The average molecular weight is 296 g/mol. The van der Waals surface area contributed by atoms with Crippen LogP contribution in [0.4, 0.5) is 0 Å². The summed E-state index contributed by atoms with van der Waals surface area (Å²) in [7, 11) is 3.22. The molecule has 1 aromatic carbocycles. The smallest absolute Gasteiger partial charge is 0.176 e. The molecule has 1 aromatic rings. The van der Waals surface area contributed by atoms with Crippen LogP contribution in [0.3, 0.4) is 0 Å². The molecule has 0 N–H and O–H groups in total. The first-order valence-electron chi connectivity index (χ1n) is 3.26. The molecule has 0 amide bonds. The van der Waals surface area contributed by atoms with Crippen LogP contribution in [0.1, 0.15) is 0 Å². The molecule has 66 valence electrons. The fraction of sp³-hybridized carbons (Fsp3) is 0.250. The lowest BCUT2D eigenvalue weighted by molar-refractivity contribution is 0.353. The molecule has 0 spiro atoms. The van der Waals surface area contributed by atoms with Crippen LogP contribution in [0, 0.1) is 0 Å². The lowest BCUT2D eigenvalue weighted by Crippen LogP contribution is -1.91. The van der Waals surface area contributed by atoms with Crippen LogP contribution in [0.15, 0.2) is 21.1 Å². The van der Waals surface area contributed by atoms with E-state index in [0.29, 0.717) is 11.5 Å². The Morgan fingerprint density at radius 3 is 2.25 bits per heavy atom. The van der Waals surface area contributed by atoms with Crippen molar-refractivity contribution in [1.29, 1.82) is 0 Å². The fourth-order valence-corrected chi connectivity index (χ4v) is 1.67. The number of ether oxygens (including phenoxy) is 2. The second-order valence-electron chi connectivity index (χ2n) is 2.10. The molecule has 0 saturated heterocycles. The normalized spacial score (nSPS) is 9.67. The van der Waals surface area contributed by atoms with E-state index in [1.165, 1.54) is 0 Å². The number of halogens is 2. The number of benzene rings is 1. The maximum atomic E-state index is 5.15. The number of rotatable bonds is 2. The molecule has 2 nitrogen and oxygen atoms in total. The molecular formula is C8H8Br2O2. The van der Waals surface area contributed by atoms with Gasteiger partial charge in [0.2, 0.25) is 0 Å². The molecule has 0 saturated carbocycles. The summed E-state index contributed by atoms with van der Waals surface area (Å²) in [6.07, 6.45) is 0. The Balaban J connectivity index is 3.25. The van der Waals surface area contributed by atoms with Crippen LogP contribution in [-0.4, -0.2) is 14.2 Å². The Morgan fingerprint density at radius 2 is 1.75 bits per heavy atom. The van der Waals surface area contributed by atoms with Crippen LogP contribution in [0.25, 0.3) is 0 Å². The minimum atomic E-state index is 0.701. The van der Waals surface area contributed by atoms with Gasteiger partial charge in [0.25, 0.3) is 0 Å². The Hall–Kier alpha value is -0.220. The van der Waals surface area contributed by atoms with E-state index < -0.39 is 0 Å². The van der Waals surface area contributed by atoms with Crippen molar-refractivity contribution in [3.63, 3.8) is 0 Å². The molecular weight excluding hydrogens is 288 g/mol. The summed E-state index contributed by atoms with van der Waals surface area (Å²) in [5, 5.41) is 0. The highest BCUT2D eigenvalue weighted by Gasteiger charge is 2.10. The van der Waals surface area contributed by atoms with E-state index in [9.17, 15) is 0 Å². The van der Waals surface area contributed by atoms with Gasteiger partial charge in [-0.1, -0.05) is 0 Å². The highest BCUT2D eigenvalue weighted by molar-refractivity contribution is 9.13. The van der Waals surface area contributed by atoms with E-state index in [0.717, 1.165) is 8.95 Å². The summed E-state index contributed by atoms with van der Waals surface area (Å²) in [6, 6.07) is 3.74. The molecule has 1 rings (SSSR count). The minimum Gasteiger partial charge on any atom is -0.493 e. The van der Waals surface area contributed by atoms with Crippen LogP contribution in [0.5, 0.6) is 11.5 Å². The molecule has 12 heavy (non-hydrogen) atoms. The van der Waals surface area contributed by atoms with E-state index in [2.05, 4.69) is 31.9 Å². The summed E-state index contributed by atoms with van der Waals surface area (Å²) in [5.41, 5.74) is 0. The number of hydrogen-bond acceptors (Lipinski definition) is 2. The first-order valence-corrected chi connectivity index (χ1v) is 4.85. The Labute approximate surface area is 88.1 Å². The van der Waals surface area contributed by atoms with Crippen molar-refractivity contribution in [2.24, 2.45) is 0 Å². The van der Waals surface area contributed by atoms with Crippen molar-refractivity contribution in [2.45, 2.75) is 0 Å². The van der Waals surface area contributed by atoms with Gasteiger partial charge in [-0.3, -0.25) is 0 Å². The molecule has 0 atom stereocenters. The maximum absolute atomic E-state index is 5.15. The summed E-state index contributed by atoms with van der Waals surface area (Å²) in [5.74, 6) is 1.42. The highest BCUT2D eigenvalue weighted by Crippen LogP contribution is 2.39. The van der Waals surface area contributed by atoms with Gasteiger partial charge in [-0.2, -0.15) is 0 Å². The van der Waals surface area contributed by atoms with E-state index in [-0.39, 0.29) is 0 Å². The molecule has 0 heterocycles. The summed E-state index contributed by atoms with van der Waals surface area (Å²) in [6.45, 7) is 0. The summed E-state index contributed by atoms with van der Waals surface area (Å²) in [4.78, 5) is 0. The monoisotopic (exact) mass is 294 g/mol. The van der Waals surface area contributed by atoms with E-state index >= 15 is 0 Å². The van der Waals surface area contributed by atoms with Crippen molar-refractivity contribution in [2.75, 3.05) is 14.2 Å². The van der Waals surface area contributed by atoms with Crippen LogP contribution >= 0.6 is 31.9 Å². The number of hydrogen-bond donors (Lipinski definition) is 0. The van der Waals surface area contributed by atoms with Gasteiger partial charge >= 0.3 is 0 Å². The average Bonchev–Trinajstić information content (AvgIpc) is 2.09. The van der Waals surface area contributed by atoms with Crippen molar-refractivity contribution in [1.82, 2.24) is 0 Å². The maximum Gasteiger partial charge on any atom is 0.176 e. The van der Waals surface area contributed by atoms with E-state index in [4.69, 9.17) is 9.47 Å². The first kappa shape index (κ1) is 9.86. The molecule has 0 fully saturated rings. The Bertz CT molecular complexity index is 287. The van der Waals surface area contributed by atoms with Gasteiger partial charge in [0.05, 0.1) is 18.7 Å². The van der Waals surface area contributed by atoms with Crippen LogP contribution in [-0.2, 0) is 0 Å². The molecule has 0 aliphatic heterocycles. The Kier molecular flexibility index (Phi) is 3.40. The third-order valence-corrected chi connectivity index (χ3v) is 3.42. The lowest BCUT2D eigenvalue weighted by atomic mass is 10.3. The van der Waals surface area contributed by atoms with Crippen molar-refractivity contribution in [3.8, 4) is 11.5 Å². The molecule has 0 aromatic heterocycles. The zero-order chi connectivity index (χ0) is 9.14. The second-order valence-corrected chi connectivity index (χ2v) is 3.74. The quantitative estimate of drug-likeness (QED) is 0.834. The molecule has 0 unspecified atom stereocenters.